The van der Waals surface area contributed by atoms with Gasteiger partial charge >= 0.3 is 11.9 Å². The normalized spacial score (nSPS) is 24.8. The van der Waals surface area contributed by atoms with E-state index in [-0.39, 0.29) is 24.5 Å². The maximum Gasteiger partial charge on any atom is 0.326 e. The van der Waals surface area contributed by atoms with Crippen LogP contribution in [0.3, 0.4) is 0 Å². The van der Waals surface area contributed by atoms with E-state index in [1.165, 1.54) is 0 Å². The van der Waals surface area contributed by atoms with Crippen LogP contribution in [0.15, 0.2) is 30.3 Å². The minimum atomic E-state index is -0.944. The van der Waals surface area contributed by atoms with Crippen molar-refractivity contribution in [3.63, 3.8) is 0 Å². The lowest BCUT2D eigenvalue weighted by Gasteiger charge is -2.48. The van der Waals surface area contributed by atoms with E-state index in [4.69, 9.17) is 4.74 Å². The number of amides is 1. The van der Waals surface area contributed by atoms with E-state index < -0.39 is 24.1 Å². The summed E-state index contributed by atoms with van der Waals surface area (Å²) in [4.78, 5) is 39.7. The number of benzene rings is 1. The number of ether oxygens (including phenoxy) is 1. The van der Waals surface area contributed by atoms with E-state index in [0.29, 0.717) is 25.2 Å². The number of rotatable bonds is 9. The van der Waals surface area contributed by atoms with Gasteiger partial charge in [0.25, 0.3) is 0 Å². The first kappa shape index (κ1) is 24.2. The molecule has 1 heterocycles. The Bertz CT molecular complexity index is 784. The molecule has 1 aromatic carbocycles. The van der Waals surface area contributed by atoms with Gasteiger partial charge in [-0.25, -0.2) is 4.79 Å². The molecule has 1 amide bonds. The van der Waals surface area contributed by atoms with Crippen molar-refractivity contribution in [1.82, 2.24) is 10.2 Å². The third-order valence-electron chi connectivity index (χ3n) is 6.87. The Morgan fingerprint density at radius 3 is 2.53 bits per heavy atom. The fourth-order valence-electron chi connectivity index (χ4n) is 5.26. The van der Waals surface area contributed by atoms with Crippen molar-refractivity contribution < 1.29 is 24.2 Å². The molecule has 176 valence electrons. The van der Waals surface area contributed by atoms with E-state index in [1.807, 2.05) is 30.3 Å². The van der Waals surface area contributed by atoms with Gasteiger partial charge in [-0.2, -0.15) is 0 Å². The van der Waals surface area contributed by atoms with Gasteiger partial charge in [-0.3, -0.25) is 14.9 Å². The molecule has 5 atom stereocenters. The van der Waals surface area contributed by atoms with Gasteiger partial charge < -0.3 is 14.7 Å². The number of aryl methyl sites for hydroxylation is 1. The number of likely N-dealkylation sites (tertiary alicyclic amines) is 1. The molecule has 2 N–H and O–H groups in total. The van der Waals surface area contributed by atoms with Gasteiger partial charge in [-0.1, -0.05) is 43.2 Å². The summed E-state index contributed by atoms with van der Waals surface area (Å²) >= 11 is 0. The number of carboxylic acid groups (broad SMARTS) is 1. The highest BCUT2D eigenvalue weighted by atomic mass is 16.5. The maximum absolute atomic E-state index is 13.5. The fourth-order valence-corrected chi connectivity index (χ4v) is 5.26. The van der Waals surface area contributed by atoms with Crippen LogP contribution in [0, 0.1) is 5.92 Å². The van der Waals surface area contributed by atoms with Gasteiger partial charge in [0.05, 0.1) is 12.6 Å². The number of esters is 1. The first-order valence-electron chi connectivity index (χ1n) is 11.9. The predicted molar refractivity (Wildman–Crippen MR) is 121 cm³/mol. The van der Waals surface area contributed by atoms with E-state index >= 15 is 0 Å². The lowest BCUT2D eigenvalue weighted by atomic mass is 9.76. The fraction of sp³-hybridized carbons (Fsp3) is 0.640. The number of aliphatic carboxylic acids is 1. The zero-order chi connectivity index (χ0) is 23.1. The van der Waals surface area contributed by atoms with Crippen LogP contribution in [0.25, 0.3) is 0 Å². The van der Waals surface area contributed by atoms with Crippen LogP contribution in [0.2, 0.25) is 0 Å². The van der Waals surface area contributed by atoms with Crippen molar-refractivity contribution in [2.75, 3.05) is 6.61 Å². The molecule has 1 aromatic rings. The molecule has 3 rings (SSSR count). The Morgan fingerprint density at radius 2 is 1.84 bits per heavy atom. The highest BCUT2D eigenvalue weighted by Crippen LogP contribution is 2.38. The third-order valence-corrected chi connectivity index (χ3v) is 6.87. The molecule has 7 nitrogen and oxygen atoms in total. The van der Waals surface area contributed by atoms with Crippen LogP contribution in [0.4, 0.5) is 0 Å². The standard InChI is InChI=1S/C25H36N2O5/c1-3-32-25(31)20(15-13-18-9-5-4-6-10-18)26-17(2)23(28)27-21-12-8-7-11-19(21)14-16-22(27)24(29)30/h4-6,9-10,17,19-22,26H,3,7-8,11-16H2,1-2H3,(H,29,30)/t17?,19?,20-,21?,22?/m0/s1. The first-order valence-corrected chi connectivity index (χ1v) is 11.9. The second-order valence-corrected chi connectivity index (χ2v) is 9.01. The minimum Gasteiger partial charge on any atom is -0.480 e. The van der Waals surface area contributed by atoms with Crippen molar-refractivity contribution in [3.8, 4) is 0 Å². The maximum atomic E-state index is 13.5. The van der Waals surface area contributed by atoms with Crippen molar-refractivity contribution in [1.29, 1.82) is 0 Å². The van der Waals surface area contributed by atoms with Crippen molar-refractivity contribution >= 4 is 17.8 Å². The molecule has 1 saturated heterocycles. The second kappa shape index (κ2) is 11.5. The quantitative estimate of drug-likeness (QED) is 0.568. The molecular formula is C25H36N2O5. The molecule has 0 spiro atoms. The summed E-state index contributed by atoms with van der Waals surface area (Å²) in [5.74, 6) is -1.19. The van der Waals surface area contributed by atoms with Crippen LogP contribution in [-0.2, 0) is 25.5 Å². The Morgan fingerprint density at radius 1 is 1.12 bits per heavy atom. The number of carbonyl (C=O) groups excluding carboxylic acids is 2. The first-order chi connectivity index (χ1) is 15.4. The number of nitrogens with one attached hydrogen (secondary N) is 1. The van der Waals surface area contributed by atoms with E-state index in [9.17, 15) is 19.5 Å². The highest BCUT2D eigenvalue weighted by Gasteiger charge is 2.45. The average molecular weight is 445 g/mol. The third kappa shape index (κ3) is 5.88. The van der Waals surface area contributed by atoms with Crippen LogP contribution in [0.1, 0.15) is 64.4 Å². The zero-order valence-electron chi connectivity index (χ0n) is 19.2. The lowest BCUT2D eigenvalue weighted by molar-refractivity contribution is -0.159. The Balaban J connectivity index is 1.72. The molecule has 1 aliphatic heterocycles. The molecular weight excluding hydrogens is 408 g/mol. The van der Waals surface area contributed by atoms with E-state index in [2.05, 4.69) is 5.32 Å². The summed E-state index contributed by atoms with van der Waals surface area (Å²) in [5.41, 5.74) is 1.11. The number of nitrogens with zero attached hydrogens (tertiary/aromatic N) is 1. The number of hydrogen-bond donors (Lipinski definition) is 2. The molecule has 0 radical (unpaired) electrons. The van der Waals surface area contributed by atoms with Gasteiger partial charge in [-0.15, -0.1) is 0 Å². The molecule has 2 fully saturated rings. The van der Waals surface area contributed by atoms with E-state index in [0.717, 1.165) is 37.7 Å². The predicted octanol–water partition coefficient (Wildman–Crippen LogP) is 3.16. The second-order valence-electron chi connectivity index (χ2n) is 9.01. The molecule has 4 unspecified atom stereocenters. The number of carbonyl (C=O) groups is 3. The summed E-state index contributed by atoms with van der Waals surface area (Å²) in [6, 6.07) is 7.73. The topological polar surface area (TPSA) is 95.9 Å². The summed E-state index contributed by atoms with van der Waals surface area (Å²) < 4.78 is 5.24. The van der Waals surface area contributed by atoms with Crippen LogP contribution >= 0.6 is 0 Å². The Kier molecular flexibility index (Phi) is 8.67. The molecule has 2 aliphatic rings. The van der Waals surface area contributed by atoms with Crippen molar-refractivity contribution in [3.05, 3.63) is 35.9 Å². The number of carboxylic acids is 1. The molecule has 1 aliphatic carbocycles. The largest absolute Gasteiger partial charge is 0.480 e. The molecule has 1 saturated carbocycles. The van der Waals surface area contributed by atoms with Crippen molar-refractivity contribution in [2.24, 2.45) is 5.92 Å². The smallest absolute Gasteiger partial charge is 0.326 e. The van der Waals surface area contributed by atoms with Crippen LogP contribution < -0.4 is 5.32 Å². The van der Waals surface area contributed by atoms with Gasteiger partial charge in [0.15, 0.2) is 0 Å². The monoisotopic (exact) mass is 444 g/mol. The highest BCUT2D eigenvalue weighted by molar-refractivity contribution is 5.88. The summed E-state index contributed by atoms with van der Waals surface area (Å²) in [6.07, 6.45) is 6.56. The summed E-state index contributed by atoms with van der Waals surface area (Å²) in [5, 5.41) is 13.0. The van der Waals surface area contributed by atoms with Gasteiger partial charge in [-0.05, 0) is 63.9 Å². The van der Waals surface area contributed by atoms with Gasteiger partial charge in [0, 0.05) is 6.04 Å². The zero-order valence-corrected chi connectivity index (χ0v) is 19.2. The average Bonchev–Trinajstić information content (AvgIpc) is 2.81. The SMILES string of the molecule is CCOC(=O)[C@H](CCc1ccccc1)NC(C)C(=O)N1C(C(=O)O)CCC2CCCCC21. The number of fused-ring (bicyclic) bond motifs is 1. The Labute approximate surface area is 190 Å². The minimum absolute atomic E-state index is 0.0271. The Hall–Kier alpha value is -2.41. The lowest BCUT2D eigenvalue weighted by Crippen LogP contribution is -2.62. The van der Waals surface area contributed by atoms with Crippen LogP contribution in [-0.4, -0.2) is 58.6 Å². The summed E-state index contributed by atoms with van der Waals surface area (Å²) in [7, 11) is 0. The van der Waals surface area contributed by atoms with Crippen LogP contribution in [0.5, 0.6) is 0 Å². The van der Waals surface area contributed by atoms with E-state index in [1.54, 1.807) is 18.7 Å². The molecule has 7 heteroatoms. The summed E-state index contributed by atoms with van der Waals surface area (Å²) in [6.45, 7) is 3.75. The number of hydrogen-bond acceptors (Lipinski definition) is 5. The van der Waals surface area contributed by atoms with Crippen molar-refractivity contribution in [2.45, 2.75) is 89.4 Å². The molecule has 32 heavy (non-hydrogen) atoms. The molecule has 0 bridgehead atoms. The number of piperidine rings is 1. The molecule has 0 aromatic heterocycles. The van der Waals surface area contributed by atoms with Gasteiger partial charge in [0.2, 0.25) is 5.91 Å². The van der Waals surface area contributed by atoms with Gasteiger partial charge in [0.1, 0.15) is 12.1 Å².